The summed E-state index contributed by atoms with van der Waals surface area (Å²) in [6.07, 6.45) is 0.449. The lowest BCUT2D eigenvalue weighted by Crippen LogP contribution is -2.06. The van der Waals surface area contributed by atoms with Crippen LogP contribution in [0.3, 0.4) is 0 Å². The van der Waals surface area contributed by atoms with Crippen molar-refractivity contribution in [2.75, 3.05) is 13.7 Å². The summed E-state index contributed by atoms with van der Waals surface area (Å²) in [5.74, 6) is -0.459. The normalized spacial score (nSPS) is 9.69. The summed E-state index contributed by atoms with van der Waals surface area (Å²) in [4.78, 5) is 15.0. The molecule has 0 atom stereocenters. The fourth-order valence-electron chi connectivity index (χ4n) is 0.952. The van der Waals surface area contributed by atoms with E-state index in [0.717, 1.165) is 0 Å². The predicted octanol–water partition coefficient (Wildman–Crippen LogP) is 0.403. The standard InChI is InChI=1S/C9H11NO3/c1-13-9(12)8-4-2-3-7(10-8)5-6-11/h2-4,11H,5-6H2,1H3. The van der Waals surface area contributed by atoms with Crippen molar-refractivity contribution in [1.82, 2.24) is 4.98 Å². The minimum atomic E-state index is -0.459. The lowest BCUT2D eigenvalue weighted by atomic mass is 10.2. The van der Waals surface area contributed by atoms with Gasteiger partial charge in [0.25, 0.3) is 0 Å². The highest BCUT2D eigenvalue weighted by molar-refractivity contribution is 5.87. The summed E-state index contributed by atoms with van der Waals surface area (Å²) in [7, 11) is 1.31. The number of hydrogen-bond donors (Lipinski definition) is 1. The molecule has 4 heteroatoms. The monoisotopic (exact) mass is 181 g/mol. The molecule has 0 unspecified atom stereocenters. The van der Waals surface area contributed by atoms with Gasteiger partial charge in [0.15, 0.2) is 0 Å². The molecule has 4 nitrogen and oxygen atoms in total. The lowest BCUT2D eigenvalue weighted by Gasteiger charge is -2.00. The van der Waals surface area contributed by atoms with Crippen molar-refractivity contribution in [3.05, 3.63) is 29.6 Å². The molecule has 1 aromatic heterocycles. The second-order valence-electron chi connectivity index (χ2n) is 2.48. The molecule has 0 bridgehead atoms. The molecule has 70 valence electrons. The number of nitrogens with zero attached hydrogens (tertiary/aromatic N) is 1. The van der Waals surface area contributed by atoms with Gasteiger partial charge in [-0.05, 0) is 12.1 Å². The molecule has 0 radical (unpaired) electrons. The zero-order chi connectivity index (χ0) is 9.68. The second kappa shape index (κ2) is 4.57. The van der Waals surface area contributed by atoms with Gasteiger partial charge >= 0.3 is 5.97 Å². The van der Waals surface area contributed by atoms with E-state index in [9.17, 15) is 4.79 Å². The summed E-state index contributed by atoms with van der Waals surface area (Å²) in [5, 5.41) is 8.65. The number of methoxy groups -OCH3 is 1. The Kier molecular flexibility index (Phi) is 3.40. The van der Waals surface area contributed by atoms with E-state index < -0.39 is 5.97 Å². The maximum absolute atomic E-state index is 11.0. The third-order valence-electron chi connectivity index (χ3n) is 1.57. The highest BCUT2D eigenvalue weighted by atomic mass is 16.5. The van der Waals surface area contributed by atoms with Gasteiger partial charge in [-0.1, -0.05) is 6.07 Å². The van der Waals surface area contributed by atoms with Crippen LogP contribution in [0.2, 0.25) is 0 Å². The molecule has 0 saturated heterocycles. The van der Waals surface area contributed by atoms with E-state index in [1.54, 1.807) is 18.2 Å². The molecule has 1 aromatic rings. The van der Waals surface area contributed by atoms with Gasteiger partial charge in [0.2, 0.25) is 0 Å². The Balaban J connectivity index is 2.85. The second-order valence-corrected chi connectivity index (χ2v) is 2.48. The molecule has 0 aliphatic heterocycles. The molecule has 0 aliphatic carbocycles. The smallest absolute Gasteiger partial charge is 0.356 e. The fraction of sp³-hybridized carbons (Fsp3) is 0.333. The van der Waals surface area contributed by atoms with Gasteiger partial charge in [-0.25, -0.2) is 9.78 Å². The Bertz CT molecular complexity index is 299. The first-order chi connectivity index (χ1) is 6.27. The largest absolute Gasteiger partial charge is 0.464 e. The molecule has 0 saturated carbocycles. The summed E-state index contributed by atoms with van der Waals surface area (Å²) in [5.41, 5.74) is 0.957. The van der Waals surface area contributed by atoms with Crippen molar-refractivity contribution < 1.29 is 14.6 Å². The van der Waals surface area contributed by atoms with Crippen molar-refractivity contribution in [3.8, 4) is 0 Å². The number of esters is 1. The number of ether oxygens (including phenoxy) is 1. The van der Waals surface area contributed by atoms with Crippen LogP contribution in [-0.2, 0) is 11.2 Å². The zero-order valence-electron chi connectivity index (χ0n) is 7.36. The summed E-state index contributed by atoms with van der Waals surface area (Å²) in [6, 6.07) is 5.04. The van der Waals surface area contributed by atoms with Crippen LogP contribution in [-0.4, -0.2) is 29.8 Å². The Labute approximate surface area is 76.2 Å². The highest BCUT2D eigenvalue weighted by Crippen LogP contribution is 2.01. The predicted molar refractivity (Wildman–Crippen MR) is 46.4 cm³/mol. The molecule has 0 spiro atoms. The quantitative estimate of drug-likeness (QED) is 0.686. The van der Waals surface area contributed by atoms with Crippen molar-refractivity contribution >= 4 is 5.97 Å². The number of carbonyl (C=O) groups excluding carboxylic acids is 1. The topological polar surface area (TPSA) is 59.4 Å². The van der Waals surface area contributed by atoms with E-state index in [2.05, 4.69) is 9.72 Å². The first-order valence-electron chi connectivity index (χ1n) is 3.93. The van der Waals surface area contributed by atoms with Crippen molar-refractivity contribution in [3.63, 3.8) is 0 Å². The van der Waals surface area contributed by atoms with Crippen LogP contribution in [0.5, 0.6) is 0 Å². The van der Waals surface area contributed by atoms with Gasteiger partial charge < -0.3 is 9.84 Å². The Hall–Kier alpha value is -1.42. The lowest BCUT2D eigenvalue weighted by molar-refractivity contribution is 0.0593. The molecule has 0 aromatic carbocycles. The molecule has 0 amide bonds. The molecule has 13 heavy (non-hydrogen) atoms. The van der Waals surface area contributed by atoms with Crippen molar-refractivity contribution in [2.24, 2.45) is 0 Å². The van der Waals surface area contributed by atoms with Gasteiger partial charge in [-0.15, -0.1) is 0 Å². The molecular weight excluding hydrogens is 170 g/mol. The van der Waals surface area contributed by atoms with E-state index in [1.165, 1.54) is 7.11 Å². The maximum Gasteiger partial charge on any atom is 0.356 e. The van der Waals surface area contributed by atoms with Gasteiger partial charge in [0.1, 0.15) is 5.69 Å². The molecule has 0 aliphatic rings. The average Bonchev–Trinajstić information content (AvgIpc) is 2.18. The first kappa shape index (κ1) is 9.67. The van der Waals surface area contributed by atoms with Gasteiger partial charge in [0.05, 0.1) is 7.11 Å². The van der Waals surface area contributed by atoms with Crippen molar-refractivity contribution in [1.29, 1.82) is 0 Å². The molecular formula is C9H11NO3. The van der Waals surface area contributed by atoms with Crippen LogP contribution in [0.1, 0.15) is 16.2 Å². The molecule has 0 fully saturated rings. The summed E-state index contributed by atoms with van der Waals surface area (Å²) >= 11 is 0. The minimum absolute atomic E-state index is 0.0254. The number of aliphatic hydroxyl groups is 1. The Morgan fingerprint density at radius 3 is 3.00 bits per heavy atom. The third kappa shape index (κ3) is 2.52. The third-order valence-corrected chi connectivity index (χ3v) is 1.57. The SMILES string of the molecule is COC(=O)c1cccc(CCO)n1. The summed E-state index contributed by atoms with van der Waals surface area (Å²) < 4.78 is 4.51. The number of pyridine rings is 1. The minimum Gasteiger partial charge on any atom is -0.464 e. The number of hydrogen-bond acceptors (Lipinski definition) is 4. The van der Waals surface area contributed by atoms with E-state index in [1.807, 2.05) is 0 Å². The number of carbonyl (C=O) groups is 1. The van der Waals surface area contributed by atoms with Gasteiger partial charge in [0, 0.05) is 18.7 Å². The molecule has 1 N–H and O–H groups in total. The van der Waals surface area contributed by atoms with Gasteiger partial charge in [-0.3, -0.25) is 0 Å². The van der Waals surface area contributed by atoms with E-state index >= 15 is 0 Å². The van der Waals surface area contributed by atoms with Crippen molar-refractivity contribution in [2.45, 2.75) is 6.42 Å². The van der Waals surface area contributed by atoms with Crippen LogP contribution < -0.4 is 0 Å². The number of aromatic nitrogens is 1. The van der Waals surface area contributed by atoms with Crippen LogP contribution in [0, 0.1) is 0 Å². The van der Waals surface area contributed by atoms with Crippen LogP contribution in [0.15, 0.2) is 18.2 Å². The zero-order valence-corrected chi connectivity index (χ0v) is 7.36. The van der Waals surface area contributed by atoms with E-state index in [-0.39, 0.29) is 12.3 Å². The summed E-state index contributed by atoms with van der Waals surface area (Å²) in [6.45, 7) is 0.0254. The maximum atomic E-state index is 11.0. The Morgan fingerprint density at radius 2 is 2.38 bits per heavy atom. The van der Waals surface area contributed by atoms with Crippen LogP contribution in [0.25, 0.3) is 0 Å². The molecule has 1 rings (SSSR count). The molecule has 1 heterocycles. The highest BCUT2D eigenvalue weighted by Gasteiger charge is 2.06. The number of aliphatic hydroxyl groups excluding tert-OH is 1. The van der Waals surface area contributed by atoms with E-state index in [4.69, 9.17) is 5.11 Å². The van der Waals surface area contributed by atoms with Crippen LogP contribution >= 0.6 is 0 Å². The van der Waals surface area contributed by atoms with Crippen LogP contribution in [0.4, 0.5) is 0 Å². The van der Waals surface area contributed by atoms with E-state index in [0.29, 0.717) is 12.1 Å². The van der Waals surface area contributed by atoms with Gasteiger partial charge in [-0.2, -0.15) is 0 Å². The average molecular weight is 181 g/mol. The first-order valence-corrected chi connectivity index (χ1v) is 3.93. The number of rotatable bonds is 3. The fourth-order valence-corrected chi connectivity index (χ4v) is 0.952. The Morgan fingerprint density at radius 1 is 1.62 bits per heavy atom.